The van der Waals surface area contributed by atoms with Gasteiger partial charge in [0.25, 0.3) is 0 Å². The Morgan fingerprint density at radius 1 is 1.21 bits per heavy atom. The van der Waals surface area contributed by atoms with Crippen LogP contribution in [-0.4, -0.2) is 42.5 Å². The van der Waals surface area contributed by atoms with Gasteiger partial charge in [0.2, 0.25) is 0 Å². The van der Waals surface area contributed by atoms with Crippen LogP contribution in [0.2, 0.25) is 0 Å². The van der Waals surface area contributed by atoms with Crippen LogP contribution in [0.15, 0.2) is 0 Å². The number of β-amino-alcohol motifs (C(OH)–C–C–N with tert-alkyl or cyclic N) is 1. The van der Waals surface area contributed by atoms with Crippen molar-refractivity contribution < 1.29 is 14.4 Å². The molecule has 5 aliphatic rings. The Labute approximate surface area is 115 Å². The zero-order valence-electron chi connectivity index (χ0n) is 12.1. The van der Waals surface area contributed by atoms with Crippen LogP contribution in [0.25, 0.3) is 0 Å². The van der Waals surface area contributed by atoms with Crippen LogP contribution in [0.4, 0.5) is 0 Å². The van der Waals surface area contributed by atoms with Crippen LogP contribution < -0.4 is 5.32 Å². The Bertz CT molecular complexity index is 404. The Morgan fingerprint density at radius 3 is 2.63 bits per heavy atom. The molecule has 2 bridgehead atoms. The van der Waals surface area contributed by atoms with Crippen LogP contribution in [-0.2, 0) is 9.31 Å². The second-order valence-electron chi connectivity index (χ2n) is 7.74. The molecule has 0 unspecified atom stereocenters. The lowest BCUT2D eigenvalue weighted by atomic mass is 9.43. The lowest BCUT2D eigenvalue weighted by Gasteiger charge is -2.64. The van der Waals surface area contributed by atoms with Gasteiger partial charge in [-0.05, 0) is 43.4 Å². The third kappa shape index (κ3) is 1.56. The van der Waals surface area contributed by atoms with Crippen molar-refractivity contribution in [2.75, 3.05) is 6.54 Å². The van der Waals surface area contributed by atoms with Gasteiger partial charge >= 0.3 is 7.12 Å². The van der Waals surface area contributed by atoms with Gasteiger partial charge in [0, 0.05) is 12.5 Å². The van der Waals surface area contributed by atoms with E-state index in [-0.39, 0.29) is 30.9 Å². The van der Waals surface area contributed by atoms with E-state index in [9.17, 15) is 5.11 Å². The quantitative estimate of drug-likeness (QED) is 0.694. The summed E-state index contributed by atoms with van der Waals surface area (Å²) < 4.78 is 12.6. The van der Waals surface area contributed by atoms with E-state index in [2.05, 4.69) is 26.1 Å². The molecule has 5 rings (SSSR count). The second-order valence-corrected chi connectivity index (χ2v) is 7.74. The maximum atomic E-state index is 9.65. The summed E-state index contributed by atoms with van der Waals surface area (Å²) in [5, 5.41) is 13.0. The number of aliphatic hydroxyl groups is 1. The van der Waals surface area contributed by atoms with Crippen molar-refractivity contribution in [3.05, 3.63) is 0 Å². The number of hydrogen-bond acceptors (Lipinski definition) is 4. The molecule has 2 heterocycles. The molecule has 106 valence electrons. The highest BCUT2D eigenvalue weighted by molar-refractivity contribution is 6.47. The number of nitrogens with one attached hydrogen (secondary N) is 1. The predicted octanol–water partition coefficient (Wildman–Crippen LogP) is 0.977. The van der Waals surface area contributed by atoms with E-state index < -0.39 is 0 Å². The lowest BCUT2D eigenvalue weighted by molar-refractivity contribution is -0.199. The smallest absolute Gasteiger partial charge is 0.404 e. The van der Waals surface area contributed by atoms with Crippen LogP contribution in [0.3, 0.4) is 0 Å². The SMILES string of the molecule is CC1(C)[C@@H]2C[C@H]3OB([C@@H]4C[C@@H](O)CN4)O[C@@]3(C)[C@H]1C2. The standard InChI is InChI=1S/C14H24BNO3/c1-13(2)8-4-10(13)14(3)11(5-8)18-15(19-14)12-6-9(17)7-16-12/h8-12,16-17H,4-7H2,1-3H3/t8-,9+,10-,11+,12-,14-/m0/s1. The van der Waals surface area contributed by atoms with Gasteiger partial charge in [0.05, 0.1) is 17.8 Å². The third-order valence-corrected chi connectivity index (χ3v) is 6.44. The van der Waals surface area contributed by atoms with Crippen molar-refractivity contribution in [1.29, 1.82) is 0 Å². The Balaban J connectivity index is 1.54. The van der Waals surface area contributed by atoms with E-state index >= 15 is 0 Å². The van der Waals surface area contributed by atoms with Crippen LogP contribution in [0.5, 0.6) is 0 Å². The molecule has 0 spiro atoms. The predicted molar refractivity (Wildman–Crippen MR) is 72.5 cm³/mol. The number of rotatable bonds is 1. The molecule has 3 aliphatic carbocycles. The molecule has 2 N–H and O–H groups in total. The van der Waals surface area contributed by atoms with E-state index in [0.29, 0.717) is 17.9 Å². The summed E-state index contributed by atoms with van der Waals surface area (Å²) in [4.78, 5) is 0. The summed E-state index contributed by atoms with van der Waals surface area (Å²) in [6.45, 7) is 7.65. The van der Waals surface area contributed by atoms with Crippen molar-refractivity contribution in [3.63, 3.8) is 0 Å². The highest BCUT2D eigenvalue weighted by Gasteiger charge is 2.68. The molecule has 6 atom stereocenters. The van der Waals surface area contributed by atoms with Gasteiger partial charge in [-0.15, -0.1) is 0 Å². The highest BCUT2D eigenvalue weighted by Crippen LogP contribution is 2.65. The Hall–Kier alpha value is -0.0951. The molecule has 5 heteroatoms. The first-order valence-electron chi connectivity index (χ1n) is 7.66. The average Bonchev–Trinajstić information content (AvgIpc) is 2.90. The van der Waals surface area contributed by atoms with Crippen LogP contribution in [0, 0.1) is 17.3 Å². The van der Waals surface area contributed by atoms with E-state index in [4.69, 9.17) is 9.31 Å². The molecule has 0 aromatic heterocycles. The molecule has 19 heavy (non-hydrogen) atoms. The first-order chi connectivity index (χ1) is 8.91. The maximum absolute atomic E-state index is 9.65. The fourth-order valence-electron chi connectivity index (χ4n) is 5.03. The topological polar surface area (TPSA) is 50.7 Å². The van der Waals surface area contributed by atoms with Gasteiger partial charge in [-0.1, -0.05) is 13.8 Å². The maximum Gasteiger partial charge on any atom is 0.475 e. The van der Waals surface area contributed by atoms with Crippen LogP contribution in [0.1, 0.15) is 40.0 Å². The Kier molecular flexibility index (Phi) is 2.50. The minimum atomic E-state index is -0.252. The van der Waals surface area contributed by atoms with Gasteiger partial charge in [-0.25, -0.2) is 0 Å². The summed E-state index contributed by atoms with van der Waals surface area (Å²) in [6, 6.07) is 0. The van der Waals surface area contributed by atoms with Gasteiger partial charge in [-0.2, -0.15) is 0 Å². The van der Waals surface area contributed by atoms with Gasteiger partial charge < -0.3 is 19.7 Å². The lowest BCUT2D eigenvalue weighted by Crippen LogP contribution is -2.65. The molecule has 0 aromatic rings. The zero-order valence-corrected chi connectivity index (χ0v) is 12.1. The van der Waals surface area contributed by atoms with Crippen molar-refractivity contribution in [2.24, 2.45) is 17.3 Å². The monoisotopic (exact) mass is 265 g/mol. The minimum Gasteiger partial charge on any atom is -0.404 e. The summed E-state index contributed by atoms with van der Waals surface area (Å²) in [5.41, 5.74) is 0.268. The van der Waals surface area contributed by atoms with E-state index in [1.54, 1.807) is 0 Å². The fraction of sp³-hybridized carbons (Fsp3) is 1.00. The summed E-state index contributed by atoms with van der Waals surface area (Å²) in [5.74, 6) is 1.55. The van der Waals surface area contributed by atoms with Crippen molar-refractivity contribution in [1.82, 2.24) is 5.32 Å². The van der Waals surface area contributed by atoms with Crippen molar-refractivity contribution in [3.8, 4) is 0 Å². The summed E-state index contributed by atoms with van der Waals surface area (Å²) >= 11 is 0. The number of hydrogen-bond donors (Lipinski definition) is 2. The minimum absolute atomic E-state index is 0.127. The molecule has 0 amide bonds. The summed E-state index contributed by atoms with van der Waals surface area (Å²) in [6.07, 6.45) is 3.15. The van der Waals surface area contributed by atoms with E-state index in [1.165, 1.54) is 6.42 Å². The molecular formula is C14H24BNO3. The number of aliphatic hydroxyl groups excluding tert-OH is 1. The highest BCUT2D eigenvalue weighted by atomic mass is 16.7. The molecule has 5 fully saturated rings. The van der Waals surface area contributed by atoms with Gasteiger partial charge in [0.15, 0.2) is 0 Å². The molecule has 3 saturated carbocycles. The molecule has 2 aliphatic heterocycles. The molecule has 2 saturated heterocycles. The zero-order chi connectivity index (χ0) is 13.4. The van der Waals surface area contributed by atoms with Gasteiger partial charge in [0.1, 0.15) is 0 Å². The van der Waals surface area contributed by atoms with E-state index in [0.717, 1.165) is 18.8 Å². The average molecular weight is 265 g/mol. The molecule has 0 aromatic carbocycles. The second kappa shape index (κ2) is 3.76. The fourth-order valence-corrected chi connectivity index (χ4v) is 5.03. The third-order valence-electron chi connectivity index (χ3n) is 6.44. The van der Waals surface area contributed by atoms with Crippen molar-refractivity contribution in [2.45, 2.75) is 63.8 Å². The first kappa shape index (κ1) is 12.6. The van der Waals surface area contributed by atoms with Gasteiger partial charge in [-0.3, -0.25) is 0 Å². The molecule has 4 nitrogen and oxygen atoms in total. The van der Waals surface area contributed by atoms with Crippen LogP contribution >= 0.6 is 0 Å². The Morgan fingerprint density at radius 2 is 2.00 bits per heavy atom. The first-order valence-corrected chi connectivity index (χ1v) is 7.66. The molecule has 0 radical (unpaired) electrons. The van der Waals surface area contributed by atoms with Crippen molar-refractivity contribution >= 4 is 7.12 Å². The van der Waals surface area contributed by atoms with E-state index in [1.807, 2.05) is 0 Å². The largest absolute Gasteiger partial charge is 0.475 e. The summed E-state index contributed by atoms with van der Waals surface area (Å²) in [7, 11) is -0.178. The molecular weight excluding hydrogens is 241 g/mol. The normalized spacial score (nSPS) is 54.9.